The largest absolute Gasteiger partial charge is 0.357 e. The smallest absolute Gasteiger partial charge is 0.192 e. The van der Waals surface area contributed by atoms with E-state index in [0.717, 1.165) is 32.2 Å². The number of aromatic nitrogens is 1. The zero-order valence-electron chi connectivity index (χ0n) is 8.94. The molecule has 0 spiro atoms. The van der Waals surface area contributed by atoms with Crippen molar-refractivity contribution in [2.24, 2.45) is 0 Å². The number of halogens is 1. The third-order valence-corrected chi connectivity index (χ3v) is 3.82. The van der Waals surface area contributed by atoms with E-state index in [0.29, 0.717) is 0 Å². The van der Waals surface area contributed by atoms with Crippen molar-refractivity contribution >= 4 is 26.8 Å². The SMILES string of the molecule is Cc1ccc2c(=O)c(C)c(C)[nH]c2c1Br. The average molecular weight is 266 g/mol. The molecule has 0 aliphatic carbocycles. The Bertz CT molecular complexity index is 599. The Morgan fingerprint density at radius 2 is 1.87 bits per heavy atom. The van der Waals surface area contributed by atoms with Gasteiger partial charge in [-0.15, -0.1) is 0 Å². The van der Waals surface area contributed by atoms with Crippen LogP contribution in [0, 0.1) is 20.8 Å². The van der Waals surface area contributed by atoms with Gasteiger partial charge in [0.25, 0.3) is 0 Å². The molecule has 0 amide bonds. The topological polar surface area (TPSA) is 32.9 Å². The minimum absolute atomic E-state index is 0.113. The molecular weight excluding hydrogens is 254 g/mol. The van der Waals surface area contributed by atoms with E-state index in [-0.39, 0.29) is 5.43 Å². The monoisotopic (exact) mass is 265 g/mol. The number of hydrogen-bond acceptors (Lipinski definition) is 1. The molecule has 78 valence electrons. The predicted molar refractivity (Wildman–Crippen MR) is 66.5 cm³/mol. The van der Waals surface area contributed by atoms with Crippen LogP contribution in [0.5, 0.6) is 0 Å². The lowest BCUT2D eigenvalue weighted by Crippen LogP contribution is -2.09. The Morgan fingerprint density at radius 1 is 1.20 bits per heavy atom. The zero-order chi connectivity index (χ0) is 11.2. The molecule has 0 saturated carbocycles. The normalized spacial score (nSPS) is 10.9. The Balaban J connectivity index is 3.06. The molecule has 15 heavy (non-hydrogen) atoms. The zero-order valence-corrected chi connectivity index (χ0v) is 10.5. The van der Waals surface area contributed by atoms with E-state index in [1.54, 1.807) is 0 Å². The average Bonchev–Trinajstić information content (AvgIpc) is 2.21. The molecule has 0 radical (unpaired) electrons. The highest BCUT2D eigenvalue weighted by Crippen LogP contribution is 2.24. The second-order valence-corrected chi connectivity index (χ2v) is 4.62. The van der Waals surface area contributed by atoms with Gasteiger partial charge in [0.05, 0.1) is 5.52 Å². The maximum atomic E-state index is 12.0. The summed E-state index contributed by atoms with van der Waals surface area (Å²) in [5.74, 6) is 0. The molecule has 2 nitrogen and oxygen atoms in total. The van der Waals surface area contributed by atoms with Crippen LogP contribution in [-0.2, 0) is 0 Å². The van der Waals surface area contributed by atoms with E-state index in [4.69, 9.17) is 0 Å². The van der Waals surface area contributed by atoms with Crippen LogP contribution < -0.4 is 5.43 Å². The van der Waals surface area contributed by atoms with Crippen molar-refractivity contribution in [3.8, 4) is 0 Å². The minimum Gasteiger partial charge on any atom is -0.357 e. The summed E-state index contributed by atoms with van der Waals surface area (Å²) in [5.41, 5.74) is 3.85. The van der Waals surface area contributed by atoms with Gasteiger partial charge in [-0.3, -0.25) is 4.79 Å². The molecule has 2 rings (SSSR count). The van der Waals surface area contributed by atoms with Crippen LogP contribution in [0.4, 0.5) is 0 Å². The summed E-state index contributed by atoms with van der Waals surface area (Å²) in [6.45, 7) is 5.78. The van der Waals surface area contributed by atoms with Crippen LogP contribution in [0.3, 0.4) is 0 Å². The van der Waals surface area contributed by atoms with Crippen molar-refractivity contribution in [1.82, 2.24) is 4.98 Å². The predicted octanol–water partition coefficient (Wildman–Crippen LogP) is 3.22. The number of benzene rings is 1. The van der Waals surface area contributed by atoms with Gasteiger partial charge in [0.1, 0.15) is 0 Å². The Morgan fingerprint density at radius 3 is 2.53 bits per heavy atom. The third kappa shape index (κ3) is 1.51. The first-order valence-electron chi connectivity index (χ1n) is 4.80. The van der Waals surface area contributed by atoms with Crippen molar-refractivity contribution in [1.29, 1.82) is 0 Å². The molecular formula is C12H12BrNO. The number of aromatic amines is 1. The fraction of sp³-hybridized carbons (Fsp3) is 0.250. The highest BCUT2D eigenvalue weighted by molar-refractivity contribution is 9.10. The van der Waals surface area contributed by atoms with E-state index >= 15 is 0 Å². The van der Waals surface area contributed by atoms with E-state index in [2.05, 4.69) is 20.9 Å². The number of pyridine rings is 1. The van der Waals surface area contributed by atoms with Crippen LogP contribution in [0.1, 0.15) is 16.8 Å². The van der Waals surface area contributed by atoms with Gasteiger partial charge in [0.15, 0.2) is 5.43 Å². The van der Waals surface area contributed by atoms with Gasteiger partial charge in [-0.25, -0.2) is 0 Å². The second kappa shape index (κ2) is 3.49. The van der Waals surface area contributed by atoms with Gasteiger partial charge in [-0.2, -0.15) is 0 Å². The van der Waals surface area contributed by atoms with E-state index in [9.17, 15) is 4.79 Å². The lowest BCUT2D eigenvalue weighted by molar-refractivity contribution is 1.17. The molecule has 1 aromatic heterocycles. The highest BCUT2D eigenvalue weighted by Gasteiger charge is 2.08. The number of rotatable bonds is 0. The molecule has 0 unspecified atom stereocenters. The molecule has 1 aromatic carbocycles. The lowest BCUT2D eigenvalue weighted by atomic mass is 10.1. The maximum absolute atomic E-state index is 12.0. The Labute approximate surface area is 96.5 Å². The minimum atomic E-state index is 0.113. The van der Waals surface area contributed by atoms with Gasteiger partial charge >= 0.3 is 0 Å². The van der Waals surface area contributed by atoms with Gasteiger partial charge in [0, 0.05) is 21.1 Å². The van der Waals surface area contributed by atoms with E-state index < -0.39 is 0 Å². The summed E-state index contributed by atoms with van der Waals surface area (Å²) in [6, 6.07) is 3.83. The van der Waals surface area contributed by atoms with Crippen LogP contribution >= 0.6 is 15.9 Å². The van der Waals surface area contributed by atoms with Crippen LogP contribution in [0.25, 0.3) is 10.9 Å². The third-order valence-electron chi connectivity index (χ3n) is 2.80. The standard InChI is InChI=1S/C12H12BrNO/c1-6-4-5-9-11(10(6)13)14-8(3)7(2)12(9)15/h4-5H,1-3H3,(H,14,15). The van der Waals surface area contributed by atoms with Gasteiger partial charge < -0.3 is 4.98 Å². The van der Waals surface area contributed by atoms with Crippen molar-refractivity contribution in [3.63, 3.8) is 0 Å². The van der Waals surface area contributed by atoms with Crippen LogP contribution in [0.15, 0.2) is 21.4 Å². The molecule has 0 bridgehead atoms. The Hall–Kier alpha value is -1.09. The maximum Gasteiger partial charge on any atom is 0.192 e. The first-order chi connectivity index (χ1) is 7.02. The summed E-state index contributed by atoms with van der Waals surface area (Å²) in [4.78, 5) is 15.2. The second-order valence-electron chi connectivity index (χ2n) is 3.82. The molecule has 2 aromatic rings. The van der Waals surface area contributed by atoms with Crippen LogP contribution in [-0.4, -0.2) is 4.98 Å². The molecule has 1 heterocycles. The fourth-order valence-electron chi connectivity index (χ4n) is 1.65. The van der Waals surface area contributed by atoms with Crippen molar-refractivity contribution in [2.45, 2.75) is 20.8 Å². The number of hydrogen-bond donors (Lipinski definition) is 1. The molecule has 0 fully saturated rings. The number of fused-ring (bicyclic) bond motifs is 1. The van der Waals surface area contributed by atoms with Crippen molar-refractivity contribution < 1.29 is 0 Å². The lowest BCUT2D eigenvalue weighted by Gasteiger charge is -2.07. The summed E-state index contributed by atoms with van der Waals surface area (Å²) >= 11 is 3.50. The summed E-state index contributed by atoms with van der Waals surface area (Å²) in [6.07, 6.45) is 0. The summed E-state index contributed by atoms with van der Waals surface area (Å²) in [7, 11) is 0. The molecule has 0 saturated heterocycles. The van der Waals surface area contributed by atoms with Gasteiger partial charge in [-0.1, -0.05) is 6.07 Å². The van der Waals surface area contributed by atoms with E-state index in [1.807, 2.05) is 32.9 Å². The quantitative estimate of drug-likeness (QED) is 0.780. The van der Waals surface area contributed by atoms with Crippen LogP contribution in [0.2, 0.25) is 0 Å². The number of aryl methyl sites for hydroxylation is 2. The molecule has 0 aliphatic heterocycles. The first kappa shape index (κ1) is 10.4. The molecule has 0 aliphatic rings. The molecule has 1 N–H and O–H groups in total. The number of H-pyrrole nitrogens is 1. The van der Waals surface area contributed by atoms with Crippen molar-refractivity contribution in [2.75, 3.05) is 0 Å². The fourth-order valence-corrected chi connectivity index (χ4v) is 2.09. The first-order valence-corrected chi connectivity index (χ1v) is 5.60. The molecule has 0 atom stereocenters. The summed E-state index contributed by atoms with van der Waals surface area (Å²) in [5, 5.41) is 0.746. The van der Waals surface area contributed by atoms with Crippen molar-refractivity contribution in [3.05, 3.63) is 43.6 Å². The highest BCUT2D eigenvalue weighted by atomic mass is 79.9. The molecule has 3 heteroatoms. The van der Waals surface area contributed by atoms with Gasteiger partial charge in [-0.05, 0) is 48.3 Å². The van der Waals surface area contributed by atoms with Gasteiger partial charge in [0.2, 0.25) is 0 Å². The summed E-state index contributed by atoms with van der Waals surface area (Å²) < 4.78 is 0.972. The Kier molecular flexibility index (Phi) is 2.43. The number of nitrogens with one attached hydrogen (secondary N) is 1. The van der Waals surface area contributed by atoms with E-state index in [1.165, 1.54) is 0 Å².